The number of piperidine rings is 1. The molecule has 2 aromatic heterocycles. The lowest BCUT2D eigenvalue weighted by Crippen LogP contribution is -2.32. The van der Waals surface area contributed by atoms with E-state index in [2.05, 4.69) is 30.4 Å². The molecule has 1 saturated heterocycles. The van der Waals surface area contributed by atoms with Gasteiger partial charge in [0.1, 0.15) is 0 Å². The Morgan fingerprint density at radius 3 is 2.38 bits per heavy atom. The van der Waals surface area contributed by atoms with E-state index in [1.54, 1.807) is 4.68 Å². The number of nitrogens with zero attached hydrogens (tertiary/aromatic N) is 6. The van der Waals surface area contributed by atoms with Crippen molar-refractivity contribution >= 4 is 11.9 Å². The summed E-state index contributed by atoms with van der Waals surface area (Å²) in [6.07, 6.45) is 3.58. The lowest BCUT2D eigenvalue weighted by atomic mass is 10.1. The van der Waals surface area contributed by atoms with Crippen LogP contribution in [0.15, 0.2) is 6.07 Å². The third-order valence-corrected chi connectivity index (χ3v) is 3.58. The first-order valence-electron chi connectivity index (χ1n) is 7.18. The minimum Gasteiger partial charge on any atom is -0.341 e. The van der Waals surface area contributed by atoms with Gasteiger partial charge in [-0.1, -0.05) is 0 Å². The Labute approximate surface area is 123 Å². The molecular weight excluding hydrogens is 268 g/mol. The molecule has 3 rings (SSSR count). The van der Waals surface area contributed by atoms with Crippen LogP contribution in [0.2, 0.25) is 0 Å². The zero-order valence-electron chi connectivity index (χ0n) is 12.4. The summed E-state index contributed by atoms with van der Waals surface area (Å²) in [6.45, 7) is 5.84. The van der Waals surface area contributed by atoms with Gasteiger partial charge in [0.15, 0.2) is 0 Å². The summed E-state index contributed by atoms with van der Waals surface area (Å²) in [5, 5.41) is 4.42. The molecule has 3 N–H and O–H groups in total. The third-order valence-electron chi connectivity index (χ3n) is 3.58. The van der Waals surface area contributed by atoms with E-state index in [0.29, 0.717) is 17.8 Å². The van der Waals surface area contributed by atoms with Crippen LogP contribution in [-0.2, 0) is 0 Å². The van der Waals surface area contributed by atoms with Crippen LogP contribution in [0.1, 0.15) is 30.7 Å². The fourth-order valence-corrected chi connectivity index (χ4v) is 2.58. The molecule has 2 aromatic rings. The molecule has 8 nitrogen and oxygen atoms in total. The van der Waals surface area contributed by atoms with Gasteiger partial charge in [0.05, 0.1) is 5.69 Å². The van der Waals surface area contributed by atoms with E-state index in [4.69, 9.17) is 5.84 Å². The highest BCUT2D eigenvalue weighted by atomic mass is 15.4. The van der Waals surface area contributed by atoms with Crippen molar-refractivity contribution in [3.05, 3.63) is 17.5 Å². The number of hydrogen-bond donors (Lipinski definition) is 2. The second kappa shape index (κ2) is 5.65. The van der Waals surface area contributed by atoms with Gasteiger partial charge in [0.25, 0.3) is 5.95 Å². The SMILES string of the molecule is Cc1cc(C)n(-c2nc(NN)nc(N3CCCCC3)n2)n1. The Hall–Kier alpha value is -2.22. The first kappa shape index (κ1) is 13.7. The van der Waals surface area contributed by atoms with Gasteiger partial charge < -0.3 is 4.90 Å². The number of nitrogens with two attached hydrogens (primary N) is 1. The zero-order chi connectivity index (χ0) is 14.8. The summed E-state index contributed by atoms with van der Waals surface area (Å²) >= 11 is 0. The van der Waals surface area contributed by atoms with Crippen LogP contribution in [0.25, 0.3) is 5.95 Å². The normalized spacial score (nSPS) is 15.3. The van der Waals surface area contributed by atoms with Crippen molar-refractivity contribution in [1.29, 1.82) is 0 Å². The zero-order valence-corrected chi connectivity index (χ0v) is 12.4. The molecule has 8 heteroatoms. The molecule has 0 aromatic carbocycles. The number of nitrogen functional groups attached to an aromatic ring is 1. The molecule has 0 amide bonds. The predicted molar refractivity (Wildman–Crippen MR) is 80.3 cm³/mol. The maximum atomic E-state index is 5.49. The first-order chi connectivity index (χ1) is 10.2. The lowest BCUT2D eigenvalue weighted by Gasteiger charge is -2.26. The standard InChI is InChI=1S/C13H20N8/c1-9-8-10(2)21(19-9)13-16-11(18-14)15-12(17-13)20-6-4-3-5-7-20/h8H,3-7,14H2,1-2H3,(H,15,16,17,18). The van der Waals surface area contributed by atoms with E-state index in [1.165, 1.54) is 6.42 Å². The number of aryl methyl sites for hydroxylation is 2. The Kier molecular flexibility index (Phi) is 3.70. The van der Waals surface area contributed by atoms with Crippen LogP contribution in [0, 0.1) is 13.8 Å². The minimum absolute atomic E-state index is 0.355. The maximum absolute atomic E-state index is 5.49. The quantitative estimate of drug-likeness (QED) is 0.641. The molecule has 0 atom stereocenters. The highest BCUT2D eigenvalue weighted by Crippen LogP contribution is 2.18. The molecule has 0 radical (unpaired) electrons. The van der Waals surface area contributed by atoms with Crippen molar-refractivity contribution < 1.29 is 0 Å². The van der Waals surface area contributed by atoms with E-state index < -0.39 is 0 Å². The molecular formula is C13H20N8. The number of hydrogen-bond acceptors (Lipinski definition) is 7. The van der Waals surface area contributed by atoms with E-state index >= 15 is 0 Å². The molecule has 1 fully saturated rings. The van der Waals surface area contributed by atoms with Crippen molar-refractivity contribution in [2.75, 3.05) is 23.4 Å². The average Bonchev–Trinajstić information content (AvgIpc) is 2.86. The monoisotopic (exact) mass is 288 g/mol. The number of aromatic nitrogens is 5. The second-order valence-corrected chi connectivity index (χ2v) is 5.29. The van der Waals surface area contributed by atoms with E-state index in [9.17, 15) is 0 Å². The first-order valence-corrected chi connectivity index (χ1v) is 7.18. The molecule has 1 aliphatic heterocycles. The van der Waals surface area contributed by atoms with Crippen LogP contribution >= 0.6 is 0 Å². The van der Waals surface area contributed by atoms with Gasteiger partial charge in [-0.05, 0) is 39.2 Å². The van der Waals surface area contributed by atoms with E-state index in [1.807, 2.05) is 19.9 Å². The van der Waals surface area contributed by atoms with Crippen LogP contribution in [-0.4, -0.2) is 37.8 Å². The highest BCUT2D eigenvalue weighted by molar-refractivity contribution is 5.40. The fraction of sp³-hybridized carbons (Fsp3) is 0.538. The van der Waals surface area contributed by atoms with E-state index in [0.717, 1.165) is 37.3 Å². The van der Waals surface area contributed by atoms with Crippen molar-refractivity contribution in [3.8, 4) is 5.95 Å². The predicted octanol–water partition coefficient (Wildman–Crippen LogP) is 0.950. The second-order valence-electron chi connectivity index (χ2n) is 5.29. The van der Waals surface area contributed by atoms with Crippen molar-refractivity contribution in [1.82, 2.24) is 24.7 Å². The smallest absolute Gasteiger partial charge is 0.257 e. The summed E-state index contributed by atoms with van der Waals surface area (Å²) in [7, 11) is 0. The Balaban J connectivity index is 2.02. The fourth-order valence-electron chi connectivity index (χ4n) is 2.58. The van der Waals surface area contributed by atoms with Gasteiger partial charge in [-0.2, -0.15) is 20.1 Å². The van der Waals surface area contributed by atoms with Gasteiger partial charge in [0.2, 0.25) is 11.9 Å². The largest absolute Gasteiger partial charge is 0.341 e. The van der Waals surface area contributed by atoms with Crippen LogP contribution in [0.5, 0.6) is 0 Å². The molecule has 21 heavy (non-hydrogen) atoms. The van der Waals surface area contributed by atoms with Crippen molar-refractivity contribution in [2.24, 2.45) is 5.84 Å². The van der Waals surface area contributed by atoms with Gasteiger partial charge >= 0.3 is 0 Å². The third kappa shape index (κ3) is 2.80. The van der Waals surface area contributed by atoms with Crippen molar-refractivity contribution in [3.63, 3.8) is 0 Å². The Morgan fingerprint density at radius 2 is 1.76 bits per heavy atom. The summed E-state index contributed by atoms with van der Waals surface area (Å²) < 4.78 is 1.71. The molecule has 0 unspecified atom stereocenters. The van der Waals surface area contributed by atoms with Crippen LogP contribution in [0.3, 0.4) is 0 Å². The van der Waals surface area contributed by atoms with Gasteiger partial charge in [-0.3, -0.25) is 5.43 Å². The van der Waals surface area contributed by atoms with Crippen LogP contribution < -0.4 is 16.2 Å². The maximum Gasteiger partial charge on any atom is 0.257 e. The molecule has 0 bridgehead atoms. The Morgan fingerprint density at radius 1 is 1.05 bits per heavy atom. The van der Waals surface area contributed by atoms with Gasteiger partial charge in [-0.15, -0.1) is 0 Å². The summed E-state index contributed by atoms with van der Waals surface area (Å²) in [4.78, 5) is 15.4. The number of nitrogens with one attached hydrogen (secondary N) is 1. The molecule has 3 heterocycles. The van der Waals surface area contributed by atoms with Crippen LogP contribution in [0.4, 0.5) is 11.9 Å². The summed E-state index contributed by atoms with van der Waals surface area (Å²) in [5.74, 6) is 6.99. The summed E-state index contributed by atoms with van der Waals surface area (Å²) in [5.41, 5.74) is 4.42. The molecule has 112 valence electrons. The van der Waals surface area contributed by atoms with E-state index in [-0.39, 0.29) is 0 Å². The molecule has 0 spiro atoms. The number of rotatable bonds is 3. The molecule has 0 saturated carbocycles. The number of hydrazine groups is 1. The highest BCUT2D eigenvalue weighted by Gasteiger charge is 2.17. The summed E-state index contributed by atoms with van der Waals surface area (Å²) in [6, 6.07) is 1.99. The number of anilines is 2. The topological polar surface area (TPSA) is 97.8 Å². The Bertz CT molecular complexity index is 629. The minimum atomic E-state index is 0.355. The lowest BCUT2D eigenvalue weighted by molar-refractivity contribution is 0.566. The van der Waals surface area contributed by atoms with Crippen molar-refractivity contribution in [2.45, 2.75) is 33.1 Å². The van der Waals surface area contributed by atoms with Gasteiger partial charge in [0, 0.05) is 18.8 Å². The molecule has 1 aliphatic rings. The van der Waals surface area contributed by atoms with Gasteiger partial charge in [-0.25, -0.2) is 10.5 Å². The molecule has 0 aliphatic carbocycles. The average molecular weight is 288 g/mol.